The average molecular weight is 229 g/mol. The van der Waals surface area contributed by atoms with Crippen molar-refractivity contribution in [2.75, 3.05) is 25.1 Å². The second-order valence-electron chi connectivity index (χ2n) is 4.92. The maximum absolute atomic E-state index is 5.69. The van der Waals surface area contributed by atoms with Crippen LogP contribution >= 0.6 is 11.8 Å². The molecule has 0 bridgehead atoms. The van der Waals surface area contributed by atoms with E-state index in [-0.39, 0.29) is 0 Å². The average Bonchev–Trinajstić information content (AvgIpc) is 3.05. The second kappa shape index (κ2) is 5.53. The quantitative estimate of drug-likeness (QED) is 0.546. The molecule has 3 nitrogen and oxygen atoms in total. The fourth-order valence-corrected chi connectivity index (χ4v) is 3.65. The molecule has 15 heavy (non-hydrogen) atoms. The molecular formula is C11H23N3S. The van der Waals surface area contributed by atoms with Gasteiger partial charge in [0.05, 0.1) is 0 Å². The van der Waals surface area contributed by atoms with Gasteiger partial charge in [0.15, 0.2) is 0 Å². The zero-order chi connectivity index (χ0) is 10.7. The van der Waals surface area contributed by atoms with Crippen LogP contribution < -0.4 is 11.3 Å². The first-order chi connectivity index (χ1) is 7.31. The minimum atomic E-state index is 0.489. The molecule has 88 valence electrons. The highest BCUT2D eigenvalue weighted by Gasteiger charge is 2.29. The first-order valence-electron chi connectivity index (χ1n) is 6.05. The van der Waals surface area contributed by atoms with Crippen molar-refractivity contribution in [1.82, 2.24) is 10.3 Å². The summed E-state index contributed by atoms with van der Waals surface area (Å²) in [6, 6.07) is 1.12. The molecule has 2 unspecified atom stereocenters. The maximum Gasteiger partial charge on any atom is 0.0374 e. The van der Waals surface area contributed by atoms with Crippen molar-refractivity contribution in [3.63, 3.8) is 0 Å². The molecule has 1 saturated carbocycles. The Morgan fingerprint density at radius 2 is 2.33 bits per heavy atom. The number of rotatable bonds is 5. The molecular weight excluding hydrogens is 206 g/mol. The zero-order valence-electron chi connectivity index (χ0n) is 9.61. The summed E-state index contributed by atoms with van der Waals surface area (Å²) >= 11 is 2.06. The first kappa shape index (κ1) is 11.7. The molecule has 1 aliphatic carbocycles. The van der Waals surface area contributed by atoms with E-state index in [1.54, 1.807) is 0 Å². The van der Waals surface area contributed by atoms with Crippen LogP contribution in [0.2, 0.25) is 0 Å². The van der Waals surface area contributed by atoms with Crippen LogP contribution in [-0.4, -0.2) is 42.1 Å². The summed E-state index contributed by atoms with van der Waals surface area (Å²) in [7, 11) is 2.23. The standard InChI is InChI=1S/C11H23N3S/c1-14-6-7-15-8-11(14)10(13-12)5-4-9-2-3-9/h9-11,13H,2-8,12H2,1H3. The van der Waals surface area contributed by atoms with E-state index in [1.807, 2.05) is 0 Å². The summed E-state index contributed by atoms with van der Waals surface area (Å²) in [5.74, 6) is 9.21. The molecule has 0 spiro atoms. The van der Waals surface area contributed by atoms with Gasteiger partial charge >= 0.3 is 0 Å². The van der Waals surface area contributed by atoms with Crippen LogP contribution in [0.1, 0.15) is 25.7 Å². The molecule has 4 heteroatoms. The Bertz CT molecular complexity index is 196. The monoisotopic (exact) mass is 229 g/mol. The van der Waals surface area contributed by atoms with Gasteiger partial charge in [0, 0.05) is 30.1 Å². The highest BCUT2D eigenvalue weighted by molar-refractivity contribution is 7.99. The van der Waals surface area contributed by atoms with Gasteiger partial charge < -0.3 is 4.90 Å². The van der Waals surface area contributed by atoms with Gasteiger partial charge in [0.25, 0.3) is 0 Å². The van der Waals surface area contributed by atoms with Gasteiger partial charge in [-0.3, -0.25) is 11.3 Å². The molecule has 0 aromatic rings. The van der Waals surface area contributed by atoms with Gasteiger partial charge in [-0.05, 0) is 25.8 Å². The van der Waals surface area contributed by atoms with Gasteiger partial charge in [-0.1, -0.05) is 12.8 Å². The number of hydrazine groups is 1. The van der Waals surface area contributed by atoms with E-state index in [0.29, 0.717) is 12.1 Å². The number of hydrogen-bond acceptors (Lipinski definition) is 4. The van der Waals surface area contributed by atoms with Crippen molar-refractivity contribution in [2.24, 2.45) is 11.8 Å². The lowest BCUT2D eigenvalue weighted by Gasteiger charge is -2.37. The number of hydrogen-bond donors (Lipinski definition) is 2. The van der Waals surface area contributed by atoms with Crippen molar-refractivity contribution >= 4 is 11.8 Å². The molecule has 3 N–H and O–H groups in total. The number of likely N-dealkylation sites (N-methyl/N-ethyl adjacent to an activating group) is 1. The van der Waals surface area contributed by atoms with E-state index >= 15 is 0 Å². The summed E-state index contributed by atoms with van der Waals surface area (Å²) in [5, 5.41) is 0. The Hall–Kier alpha value is 0.230. The minimum absolute atomic E-state index is 0.489. The molecule has 1 heterocycles. The van der Waals surface area contributed by atoms with Gasteiger partial charge in [-0.2, -0.15) is 11.8 Å². The smallest absolute Gasteiger partial charge is 0.0374 e. The third kappa shape index (κ3) is 3.34. The van der Waals surface area contributed by atoms with Gasteiger partial charge in [0.2, 0.25) is 0 Å². The third-order valence-electron chi connectivity index (χ3n) is 3.70. The van der Waals surface area contributed by atoms with E-state index in [1.165, 1.54) is 43.7 Å². The minimum Gasteiger partial charge on any atom is -0.300 e. The van der Waals surface area contributed by atoms with Gasteiger partial charge in [0.1, 0.15) is 0 Å². The lowest BCUT2D eigenvalue weighted by Crippen LogP contribution is -2.54. The van der Waals surface area contributed by atoms with Crippen molar-refractivity contribution in [1.29, 1.82) is 0 Å². The largest absolute Gasteiger partial charge is 0.300 e. The summed E-state index contributed by atoms with van der Waals surface area (Å²) in [6.45, 7) is 1.21. The lowest BCUT2D eigenvalue weighted by molar-refractivity contribution is 0.205. The SMILES string of the molecule is CN1CCSCC1C(CCC1CC1)NN. The number of nitrogens with one attached hydrogen (secondary N) is 1. The maximum atomic E-state index is 5.69. The van der Waals surface area contributed by atoms with E-state index in [4.69, 9.17) is 5.84 Å². The molecule has 2 aliphatic rings. The Labute approximate surface area is 97.1 Å². The lowest BCUT2D eigenvalue weighted by atomic mass is 10.0. The highest BCUT2D eigenvalue weighted by Crippen LogP contribution is 2.34. The zero-order valence-corrected chi connectivity index (χ0v) is 10.4. The molecule has 0 radical (unpaired) electrons. The summed E-state index contributed by atoms with van der Waals surface area (Å²) in [5.41, 5.74) is 3.03. The molecule has 1 saturated heterocycles. The van der Waals surface area contributed by atoms with Crippen LogP contribution in [0.15, 0.2) is 0 Å². The first-order valence-corrected chi connectivity index (χ1v) is 7.21. The summed E-state index contributed by atoms with van der Waals surface area (Å²) < 4.78 is 0. The van der Waals surface area contributed by atoms with Crippen molar-refractivity contribution < 1.29 is 0 Å². The summed E-state index contributed by atoms with van der Waals surface area (Å²) in [6.07, 6.45) is 5.51. The molecule has 0 amide bonds. The molecule has 1 aliphatic heterocycles. The van der Waals surface area contributed by atoms with Gasteiger partial charge in [-0.25, -0.2) is 0 Å². The molecule has 2 rings (SSSR count). The van der Waals surface area contributed by atoms with Crippen LogP contribution in [0, 0.1) is 5.92 Å². The van der Waals surface area contributed by atoms with Crippen LogP contribution in [0.4, 0.5) is 0 Å². The van der Waals surface area contributed by atoms with Crippen LogP contribution in [0.3, 0.4) is 0 Å². The molecule has 0 aromatic heterocycles. The highest BCUT2D eigenvalue weighted by atomic mass is 32.2. The van der Waals surface area contributed by atoms with Crippen molar-refractivity contribution in [2.45, 2.75) is 37.8 Å². The van der Waals surface area contributed by atoms with Crippen molar-refractivity contribution in [3.8, 4) is 0 Å². The Balaban J connectivity index is 1.79. The number of nitrogens with two attached hydrogens (primary N) is 1. The number of thioether (sulfide) groups is 1. The third-order valence-corrected chi connectivity index (χ3v) is 4.75. The second-order valence-corrected chi connectivity index (χ2v) is 6.07. The van der Waals surface area contributed by atoms with E-state index in [9.17, 15) is 0 Å². The Morgan fingerprint density at radius 1 is 1.53 bits per heavy atom. The van der Waals surface area contributed by atoms with Crippen LogP contribution in [0.5, 0.6) is 0 Å². The molecule has 0 aromatic carbocycles. The predicted molar refractivity (Wildman–Crippen MR) is 66.8 cm³/mol. The van der Waals surface area contributed by atoms with E-state index in [2.05, 4.69) is 29.1 Å². The van der Waals surface area contributed by atoms with Crippen LogP contribution in [0.25, 0.3) is 0 Å². The number of nitrogens with zero attached hydrogens (tertiary/aromatic N) is 1. The normalized spacial score (nSPS) is 30.4. The molecule has 2 fully saturated rings. The van der Waals surface area contributed by atoms with Crippen LogP contribution in [-0.2, 0) is 0 Å². The topological polar surface area (TPSA) is 41.3 Å². The van der Waals surface area contributed by atoms with Crippen molar-refractivity contribution in [3.05, 3.63) is 0 Å². The van der Waals surface area contributed by atoms with E-state index < -0.39 is 0 Å². The van der Waals surface area contributed by atoms with Gasteiger partial charge in [-0.15, -0.1) is 0 Å². The Kier molecular flexibility index (Phi) is 4.31. The molecule has 2 atom stereocenters. The van der Waals surface area contributed by atoms with E-state index in [0.717, 1.165) is 5.92 Å². The predicted octanol–water partition coefficient (Wildman–Crippen LogP) is 1.06. The fraction of sp³-hybridized carbons (Fsp3) is 1.00. The fourth-order valence-electron chi connectivity index (χ4n) is 2.34. The summed E-state index contributed by atoms with van der Waals surface area (Å²) in [4.78, 5) is 2.47. The Morgan fingerprint density at radius 3 is 2.93 bits per heavy atom.